The minimum Gasteiger partial charge on any atom is -0.497 e. The first kappa shape index (κ1) is 20.3. The van der Waals surface area contributed by atoms with Gasteiger partial charge in [-0.15, -0.1) is 0 Å². The Morgan fingerprint density at radius 3 is 2.59 bits per heavy atom. The smallest absolute Gasteiger partial charge is 0.325 e. The summed E-state index contributed by atoms with van der Waals surface area (Å²) in [6, 6.07) is 12.5. The van der Waals surface area contributed by atoms with Crippen LogP contribution in [0.1, 0.15) is 18.9 Å². The van der Waals surface area contributed by atoms with Gasteiger partial charge in [-0.3, -0.25) is 9.59 Å². The molecule has 0 aliphatic carbocycles. The van der Waals surface area contributed by atoms with Crippen LogP contribution in [-0.2, 0) is 16.0 Å². The van der Waals surface area contributed by atoms with Gasteiger partial charge in [-0.1, -0.05) is 18.2 Å². The van der Waals surface area contributed by atoms with Gasteiger partial charge in [0.05, 0.1) is 19.9 Å². The SMILES string of the molecule is COc1ccc(-c2[nH]c3ccccc3c2CCC(=O)NC(C)C(=O)O)c(OC)c1. The van der Waals surface area contributed by atoms with Crippen molar-refractivity contribution in [2.45, 2.75) is 25.8 Å². The average Bonchev–Trinajstić information content (AvgIpc) is 3.09. The van der Waals surface area contributed by atoms with Crippen LogP contribution in [0.4, 0.5) is 0 Å². The number of hydrogen-bond donors (Lipinski definition) is 3. The molecule has 0 saturated carbocycles. The molecule has 2 aromatic carbocycles. The molecule has 29 heavy (non-hydrogen) atoms. The van der Waals surface area contributed by atoms with Crippen molar-refractivity contribution in [2.24, 2.45) is 0 Å². The van der Waals surface area contributed by atoms with E-state index in [1.165, 1.54) is 6.92 Å². The molecule has 1 heterocycles. The third kappa shape index (κ3) is 4.34. The number of aliphatic carboxylic acids is 1. The summed E-state index contributed by atoms with van der Waals surface area (Å²) in [5, 5.41) is 12.5. The lowest BCUT2D eigenvalue weighted by molar-refractivity contribution is -0.141. The van der Waals surface area contributed by atoms with Gasteiger partial charge in [0.2, 0.25) is 5.91 Å². The number of nitrogens with one attached hydrogen (secondary N) is 2. The first-order valence-corrected chi connectivity index (χ1v) is 9.28. The van der Waals surface area contributed by atoms with Gasteiger partial charge in [0.25, 0.3) is 0 Å². The molecule has 3 rings (SSSR count). The van der Waals surface area contributed by atoms with Crippen LogP contribution < -0.4 is 14.8 Å². The van der Waals surface area contributed by atoms with E-state index in [-0.39, 0.29) is 12.3 Å². The van der Waals surface area contributed by atoms with Crippen LogP contribution in [0.5, 0.6) is 11.5 Å². The van der Waals surface area contributed by atoms with E-state index >= 15 is 0 Å². The third-order valence-electron chi connectivity index (χ3n) is 4.84. The predicted molar refractivity (Wildman–Crippen MR) is 110 cm³/mol. The third-order valence-corrected chi connectivity index (χ3v) is 4.84. The Bertz CT molecular complexity index is 1040. The van der Waals surface area contributed by atoms with Gasteiger partial charge >= 0.3 is 5.97 Å². The summed E-state index contributed by atoms with van der Waals surface area (Å²) < 4.78 is 10.8. The van der Waals surface area contributed by atoms with Crippen molar-refractivity contribution >= 4 is 22.8 Å². The summed E-state index contributed by atoms with van der Waals surface area (Å²) in [6.45, 7) is 1.44. The fraction of sp³-hybridized carbons (Fsp3) is 0.273. The minimum atomic E-state index is -1.06. The van der Waals surface area contributed by atoms with Crippen LogP contribution in [0.2, 0.25) is 0 Å². The fourth-order valence-corrected chi connectivity index (χ4v) is 3.31. The second-order valence-electron chi connectivity index (χ2n) is 6.72. The lowest BCUT2D eigenvalue weighted by Crippen LogP contribution is -2.38. The van der Waals surface area contributed by atoms with E-state index in [0.717, 1.165) is 27.7 Å². The number of carbonyl (C=O) groups excluding carboxylic acids is 1. The number of aromatic amines is 1. The highest BCUT2D eigenvalue weighted by molar-refractivity contribution is 5.93. The Morgan fingerprint density at radius 1 is 1.14 bits per heavy atom. The number of carboxylic acids is 1. The normalized spacial score (nSPS) is 11.8. The predicted octanol–water partition coefficient (Wildman–Crippen LogP) is 3.37. The quantitative estimate of drug-likeness (QED) is 0.542. The zero-order valence-corrected chi connectivity index (χ0v) is 16.6. The highest BCUT2D eigenvalue weighted by Gasteiger charge is 2.19. The monoisotopic (exact) mass is 396 g/mol. The van der Waals surface area contributed by atoms with Crippen molar-refractivity contribution in [1.29, 1.82) is 0 Å². The Hall–Kier alpha value is -3.48. The summed E-state index contributed by atoms with van der Waals surface area (Å²) in [4.78, 5) is 26.6. The van der Waals surface area contributed by atoms with Gasteiger partial charge in [-0.25, -0.2) is 0 Å². The molecule has 0 fully saturated rings. The molecule has 0 spiro atoms. The van der Waals surface area contributed by atoms with Gasteiger partial charge in [-0.2, -0.15) is 0 Å². The van der Waals surface area contributed by atoms with Crippen molar-refractivity contribution in [3.05, 3.63) is 48.0 Å². The van der Waals surface area contributed by atoms with Crippen LogP contribution in [-0.4, -0.2) is 42.2 Å². The van der Waals surface area contributed by atoms with Crippen molar-refractivity contribution in [1.82, 2.24) is 10.3 Å². The number of amides is 1. The number of rotatable bonds is 8. The Morgan fingerprint density at radius 2 is 1.90 bits per heavy atom. The fourth-order valence-electron chi connectivity index (χ4n) is 3.31. The molecule has 1 atom stereocenters. The average molecular weight is 396 g/mol. The van der Waals surface area contributed by atoms with E-state index in [4.69, 9.17) is 14.6 Å². The maximum Gasteiger partial charge on any atom is 0.325 e. The summed E-state index contributed by atoms with van der Waals surface area (Å²) in [5.41, 5.74) is 3.65. The van der Waals surface area contributed by atoms with Crippen LogP contribution in [0.25, 0.3) is 22.2 Å². The molecule has 1 amide bonds. The standard InChI is InChI=1S/C22H24N2O5/c1-13(22(26)27)23-20(25)11-10-16-15-6-4-5-7-18(15)24-21(16)17-9-8-14(28-2)12-19(17)29-3/h4-9,12-13,24H,10-11H2,1-3H3,(H,23,25)(H,26,27). The second kappa shape index (κ2) is 8.68. The summed E-state index contributed by atoms with van der Waals surface area (Å²) in [6.07, 6.45) is 0.623. The molecular formula is C22H24N2O5. The number of fused-ring (bicyclic) bond motifs is 1. The summed E-state index contributed by atoms with van der Waals surface area (Å²) in [7, 11) is 3.20. The zero-order valence-electron chi connectivity index (χ0n) is 16.6. The van der Waals surface area contributed by atoms with Crippen LogP contribution in [0.3, 0.4) is 0 Å². The maximum absolute atomic E-state index is 12.2. The molecule has 1 unspecified atom stereocenters. The van der Waals surface area contributed by atoms with E-state index in [9.17, 15) is 9.59 Å². The van der Waals surface area contributed by atoms with E-state index in [0.29, 0.717) is 17.9 Å². The van der Waals surface area contributed by atoms with Crippen molar-refractivity contribution in [3.63, 3.8) is 0 Å². The van der Waals surface area contributed by atoms with Crippen molar-refractivity contribution in [2.75, 3.05) is 14.2 Å². The Balaban J connectivity index is 1.97. The molecule has 3 N–H and O–H groups in total. The molecule has 0 aliphatic rings. The van der Waals surface area contributed by atoms with Crippen molar-refractivity contribution < 1.29 is 24.2 Å². The number of para-hydroxylation sites is 1. The second-order valence-corrected chi connectivity index (χ2v) is 6.72. The number of H-pyrrole nitrogens is 1. The number of methoxy groups -OCH3 is 2. The van der Waals surface area contributed by atoms with Gasteiger partial charge in [-0.05, 0) is 37.1 Å². The topological polar surface area (TPSA) is 101 Å². The summed E-state index contributed by atoms with van der Waals surface area (Å²) in [5.74, 6) is -0.0293. The lowest BCUT2D eigenvalue weighted by atomic mass is 10.00. The molecule has 1 aromatic heterocycles. The molecule has 3 aromatic rings. The van der Waals surface area contributed by atoms with E-state index in [1.54, 1.807) is 14.2 Å². The highest BCUT2D eigenvalue weighted by Crippen LogP contribution is 2.38. The number of carbonyl (C=O) groups is 2. The van der Waals surface area contributed by atoms with Crippen LogP contribution in [0.15, 0.2) is 42.5 Å². The van der Waals surface area contributed by atoms with E-state index in [2.05, 4.69) is 10.3 Å². The van der Waals surface area contributed by atoms with Crippen LogP contribution in [0, 0.1) is 0 Å². The number of hydrogen-bond acceptors (Lipinski definition) is 4. The number of aryl methyl sites for hydroxylation is 1. The van der Waals surface area contributed by atoms with Gasteiger partial charge in [0, 0.05) is 29.0 Å². The number of carboxylic acid groups (broad SMARTS) is 1. The molecule has 0 bridgehead atoms. The molecule has 0 saturated heterocycles. The molecule has 0 radical (unpaired) electrons. The maximum atomic E-state index is 12.2. The summed E-state index contributed by atoms with van der Waals surface area (Å²) >= 11 is 0. The Kier molecular flexibility index (Phi) is 6.07. The van der Waals surface area contributed by atoms with E-state index < -0.39 is 12.0 Å². The zero-order chi connectivity index (χ0) is 21.0. The Labute approximate surface area is 168 Å². The number of benzene rings is 2. The first-order chi connectivity index (χ1) is 13.9. The molecule has 7 nitrogen and oxygen atoms in total. The molecule has 152 valence electrons. The van der Waals surface area contributed by atoms with Gasteiger partial charge < -0.3 is 24.9 Å². The highest BCUT2D eigenvalue weighted by atomic mass is 16.5. The largest absolute Gasteiger partial charge is 0.497 e. The molecular weight excluding hydrogens is 372 g/mol. The number of aromatic nitrogens is 1. The number of ether oxygens (including phenoxy) is 2. The minimum absolute atomic E-state index is 0.172. The molecule has 0 aliphatic heterocycles. The van der Waals surface area contributed by atoms with Gasteiger partial charge in [0.1, 0.15) is 17.5 Å². The van der Waals surface area contributed by atoms with Gasteiger partial charge in [0.15, 0.2) is 0 Å². The van der Waals surface area contributed by atoms with E-state index in [1.807, 2.05) is 42.5 Å². The first-order valence-electron chi connectivity index (χ1n) is 9.28. The lowest BCUT2D eigenvalue weighted by Gasteiger charge is -2.12. The van der Waals surface area contributed by atoms with Crippen molar-refractivity contribution in [3.8, 4) is 22.8 Å². The molecule has 7 heteroatoms. The van der Waals surface area contributed by atoms with Crippen LogP contribution >= 0.6 is 0 Å².